The monoisotopic (exact) mass is 396 g/mol. The fourth-order valence-electron chi connectivity index (χ4n) is 1.67. The van der Waals surface area contributed by atoms with Crippen LogP contribution in [0.25, 0.3) is 0 Å². The van der Waals surface area contributed by atoms with Crippen LogP contribution in [0.2, 0.25) is 5.02 Å². The second kappa shape index (κ2) is 8.55. The van der Waals surface area contributed by atoms with Crippen molar-refractivity contribution in [1.82, 2.24) is 5.43 Å². The normalized spacial score (nSPS) is 10.6. The van der Waals surface area contributed by atoms with Gasteiger partial charge in [-0.1, -0.05) is 39.7 Å². The van der Waals surface area contributed by atoms with Crippen molar-refractivity contribution in [3.63, 3.8) is 0 Å². The van der Waals surface area contributed by atoms with Crippen molar-refractivity contribution in [1.29, 1.82) is 0 Å². The van der Waals surface area contributed by atoms with E-state index in [0.717, 1.165) is 10.0 Å². The third kappa shape index (κ3) is 5.58. The Hall–Kier alpha value is -2.05. The molecule has 0 spiro atoms. The summed E-state index contributed by atoms with van der Waals surface area (Å²) in [7, 11) is 1.59. The molecule has 0 bridgehead atoms. The highest BCUT2D eigenvalue weighted by Gasteiger charge is 2.05. The minimum Gasteiger partial charge on any atom is -0.497 e. The van der Waals surface area contributed by atoms with Crippen molar-refractivity contribution < 1.29 is 14.3 Å². The van der Waals surface area contributed by atoms with Gasteiger partial charge < -0.3 is 9.47 Å². The fourth-order valence-corrected chi connectivity index (χ4v) is 2.40. The van der Waals surface area contributed by atoms with Gasteiger partial charge in [-0.3, -0.25) is 4.79 Å². The Morgan fingerprint density at radius 1 is 1.35 bits per heavy atom. The lowest BCUT2D eigenvalue weighted by Crippen LogP contribution is -2.24. The Morgan fingerprint density at radius 3 is 2.91 bits per heavy atom. The summed E-state index contributed by atoms with van der Waals surface area (Å²) in [6, 6.07) is 12.4. The highest BCUT2D eigenvalue weighted by molar-refractivity contribution is 9.10. The molecular weight excluding hydrogens is 384 g/mol. The van der Waals surface area contributed by atoms with Gasteiger partial charge in [-0.25, -0.2) is 5.43 Å². The van der Waals surface area contributed by atoms with Gasteiger partial charge in [0.15, 0.2) is 6.61 Å². The molecule has 1 amide bonds. The molecule has 0 atom stereocenters. The SMILES string of the molecule is COc1cccc(/C=N/NC(=O)COc2ccc(Br)cc2Cl)c1. The topological polar surface area (TPSA) is 59.9 Å². The number of nitrogens with zero attached hydrogens (tertiary/aromatic N) is 1. The number of nitrogens with one attached hydrogen (secondary N) is 1. The summed E-state index contributed by atoms with van der Waals surface area (Å²) in [6.07, 6.45) is 1.52. The molecule has 23 heavy (non-hydrogen) atoms. The lowest BCUT2D eigenvalue weighted by Gasteiger charge is -2.07. The molecule has 0 saturated carbocycles. The Morgan fingerprint density at radius 2 is 2.17 bits per heavy atom. The molecule has 0 aromatic heterocycles. The van der Waals surface area contributed by atoms with Crippen LogP contribution in [0, 0.1) is 0 Å². The van der Waals surface area contributed by atoms with Crippen LogP contribution in [0.3, 0.4) is 0 Å². The van der Waals surface area contributed by atoms with Crippen molar-refractivity contribution in [2.24, 2.45) is 5.10 Å². The summed E-state index contributed by atoms with van der Waals surface area (Å²) in [5, 5.41) is 4.29. The lowest BCUT2D eigenvalue weighted by molar-refractivity contribution is -0.123. The first-order chi connectivity index (χ1) is 11.1. The van der Waals surface area contributed by atoms with E-state index in [1.807, 2.05) is 18.2 Å². The number of amides is 1. The zero-order chi connectivity index (χ0) is 16.7. The first kappa shape index (κ1) is 17.3. The molecule has 0 radical (unpaired) electrons. The third-order valence-electron chi connectivity index (χ3n) is 2.75. The van der Waals surface area contributed by atoms with E-state index < -0.39 is 0 Å². The molecule has 2 aromatic carbocycles. The number of carbonyl (C=O) groups excluding carboxylic acids is 1. The van der Waals surface area contributed by atoms with Gasteiger partial charge in [-0.05, 0) is 35.9 Å². The number of ether oxygens (including phenoxy) is 2. The first-order valence-electron chi connectivity index (χ1n) is 6.62. The van der Waals surface area contributed by atoms with Crippen LogP contribution in [0.4, 0.5) is 0 Å². The van der Waals surface area contributed by atoms with Crippen LogP contribution in [0.5, 0.6) is 11.5 Å². The molecular formula is C16H14BrClN2O3. The van der Waals surface area contributed by atoms with Crippen molar-refractivity contribution in [2.75, 3.05) is 13.7 Å². The summed E-state index contributed by atoms with van der Waals surface area (Å²) in [5.74, 6) is 0.762. The van der Waals surface area contributed by atoms with E-state index in [1.165, 1.54) is 6.21 Å². The number of hydrazone groups is 1. The zero-order valence-corrected chi connectivity index (χ0v) is 14.6. The molecule has 0 saturated heterocycles. The third-order valence-corrected chi connectivity index (χ3v) is 3.54. The first-order valence-corrected chi connectivity index (χ1v) is 7.79. The van der Waals surface area contributed by atoms with Crippen LogP contribution in [-0.2, 0) is 4.79 Å². The highest BCUT2D eigenvalue weighted by atomic mass is 79.9. The molecule has 2 aromatic rings. The van der Waals surface area contributed by atoms with E-state index in [0.29, 0.717) is 16.5 Å². The minimum atomic E-state index is -0.386. The number of hydrogen-bond acceptors (Lipinski definition) is 4. The van der Waals surface area contributed by atoms with Crippen LogP contribution in [-0.4, -0.2) is 25.8 Å². The largest absolute Gasteiger partial charge is 0.497 e. The molecule has 5 nitrogen and oxygen atoms in total. The second-order valence-electron chi connectivity index (χ2n) is 4.43. The number of carbonyl (C=O) groups is 1. The van der Waals surface area contributed by atoms with Gasteiger partial charge in [-0.2, -0.15) is 5.10 Å². The summed E-state index contributed by atoms with van der Waals surface area (Å²) in [4.78, 5) is 11.7. The van der Waals surface area contributed by atoms with Gasteiger partial charge >= 0.3 is 0 Å². The maximum atomic E-state index is 11.7. The molecule has 0 fully saturated rings. The van der Waals surface area contributed by atoms with Crippen molar-refractivity contribution in [3.8, 4) is 11.5 Å². The van der Waals surface area contributed by atoms with E-state index in [-0.39, 0.29) is 12.5 Å². The Bertz CT molecular complexity index is 722. The minimum absolute atomic E-state index is 0.184. The quantitative estimate of drug-likeness (QED) is 0.598. The van der Waals surface area contributed by atoms with Gasteiger partial charge in [0.05, 0.1) is 18.3 Å². The fraction of sp³-hybridized carbons (Fsp3) is 0.125. The lowest BCUT2D eigenvalue weighted by atomic mass is 10.2. The molecule has 0 aliphatic rings. The Kier molecular flexibility index (Phi) is 6.43. The predicted molar refractivity (Wildman–Crippen MR) is 93.4 cm³/mol. The molecule has 2 rings (SSSR count). The number of benzene rings is 2. The predicted octanol–water partition coefficient (Wildman–Crippen LogP) is 3.64. The van der Waals surface area contributed by atoms with Gasteiger partial charge in [0.25, 0.3) is 5.91 Å². The molecule has 1 N–H and O–H groups in total. The van der Waals surface area contributed by atoms with Gasteiger partial charge in [-0.15, -0.1) is 0 Å². The second-order valence-corrected chi connectivity index (χ2v) is 5.76. The molecule has 0 aliphatic carbocycles. The molecule has 7 heteroatoms. The molecule has 0 unspecified atom stereocenters. The number of rotatable bonds is 6. The van der Waals surface area contributed by atoms with Gasteiger partial charge in [0.1, 0.15) is 11.5 Å². The highest BCUT2D eigenvalue weighted by Crippen LogP contribution is 2.27. The number of methoxy groups -OCH3 is 1. The van der Waals surface area contributed by atoms with E-state index in [1.54, 1.807) is 31.4 Å². The zero-order valence-electron chi connectivity index (χ0n) is 12.3. The summed E-state index contributed by atoms with van der Waals surface area (Å²) in [5.41, 5.74) is 3.19. The number of halogens is 2. The summed E-state index contributed by atoms with van der Waals surface area (Å²) >= 11 is 9.29. The maximum absolute atomic E-state index is 11.7. The van der Waals surface area contributed by atoms with Crippen LogP contribution in [0.1, 0.15) is 5.56 Å². The van der Waals surface area contributed by atoms with E-state index in [4.69, 9.17) is 21.1 Å². The molecule has 0 aliphatic heterocycles. The van der Waals surface area contributed by atoms with Crippen molar-refractivity contribution in [3.05, 3.63) is 57.5 Å². The smallest absolute Gasteiger partial charge is 0.277 e. The van der Waals surface area contributed by atoms with E-state index in [9.17, 15) is 4.79 Å². The molecule has 120 valence electrons. The average molecular weight is 398 g/mol. The van der Waals surface area contributed by atoms with Crippen molar-refractivity contribution >= 4 is 39.7 Å². The maximum Gasteiger partial charge on any atom is 0.277 e. The van der Waals surface area contributed by atoms with Gasteiger partial charge in [0.2, 0.25) is 0 Å². The van der Waals surface area contributed by atoms with Crippen LogP contribution < -0.4 is 14.9 Å². The van der Waals surface area contributed by atoms with Gasteiger partial charge in [0, 0.05) is 4.47 Å². The van der Waals surface area contributed by atoms with E-state index >= 15 is 0 Å². The Labute approximate surface area is 147 Å². The Balaban J connectivity index is 1.83. The van der Waals surface area contributed by atoms with E-state index in [2.05, 4.69) is 26.5 Å². The molecule has 0 heterocycles. The standard InChI is InChI=1S/C16H14BrClN2O3/c1-22-13-4-2-3-11(7-13)9-19-20-16(21)10-23-15-6-5-12(17)8-14(15)18/h2-9H,10H2,1H3,(H,20,21)/b19-9+. The number of hydrogen-bond donors (Lipinski definition) is 1. The average Bonchev–Trinajstić information content (AvgIpc) is 2.54. The van der Waals surface area contributed by atoms with Crippen molar-refractivity contribution in [2.45, 2.75) is 0 Å². The summed E-state index contributed by atoms with van der Waals surface area (Å²) < 4.78 is 11.3. The van der Waals surface area contributed by atoms with Crippen LogP contribution >= 0.6 is 27.5 Å². The summed E-state index contributed by atoms with van der Waals surface area (Å²) in [6.45, 7) is -0.184. The van der Waals surface area contributed by atoms with Crippen LogP contribution in [0.15, 0.2) is 52.0 Å².